The van der Waals surface area contributed by atoms with Crippen molar-refractivity contribution in [3.05, 3.63) is 27.0 Å². The topological polar surface area (TPSA) is 68.9 Å². The molecule has 12 heavy (non-hydrogen) atoms. The zero-order valence-corrected chi connectivity index (χ0v) is 7.47. The number of benzene rings is 1. The van der Waals surface area contributed by atoms with Gasteiger partial charge >= 0.3 is 0 Å². The number of aromatic nitrogens is 2. The molecule has 0 spiro atoms. The lowest BCUT2D eigenvalue weighted by molar-refractivity contribution is 0.481. The first-order valence-corrected chi connectivity index (χ1v) is 4.06. The van der Waals surface area contributed by atoms with Crippen LogP contribution in [-0.4, -0.2) is 15.3 Å². The average Bonchev–Trinajstić information content (AvgIpc) is 2.31. The molecule has 0 aliphatic carbocycles. The Balaban J connectivity index is 3.03. The van der Waals surface area contributed by atoms with Gasteiger partial charge in [0.05, 0.1) is 5.52 Å². The number of phenols is 1. The van der Waals surface area contributed by atoms with Crippen LogP contribution >= 0.6 is 15.9 Å². The average molecular weight is 229 g/mol. The third-order valence-electron chi connectivity index (χ3n) is 1.62. The quantitative estimate of drug-likeness (QED) is 0.637. The minimum atomic E-state index is -0.310. The van der Waals surface area contributed by atoms with Crippen LogP contribution in [0, 0.1) is 0 Å². The number of nitrogens with one attached hydrogen (secondary N) is 2. The monoisotopic (exact) mass is 228 g/mol. The van der Waals surface area contributed by atoms with Crippen LogP contribution in [0.2, 0.25) is 0 Å². The fraction of sp³-hybridized carbons (Fsp3) is 0. The lowest BCUT2D eigenvalue weighted by Gasteiger charge is -1.93. The van der Waals surface area contributed by atoms with E-state index in [0.29, 0.717) is 10.9 Å². The zero-order chi connectivity index (χ0) is 8.72. The predicted octanol–water partition coefficient (Wildman–Crippen LogP) is 1.32. The molecule has 1 aromatic carbocycles. The Morgan fingerprint density at radius 3 is 2.83 bits per heavy atom. The molecule has 1 heterocycles. The molecule has 0 fully saturated rings. The molecule has 0 radical (unpaired) electrons. The number of aromatic hydroxyl groups is 1. The van der Waals surface area contributed by atoms with Gasteiger partial charge in [0.15, 0.2) is 0 Å². The van der Waals surface area contributed by atoms with Gasteiger partial charge in [-0.2, -0.15) is 0 Å². The number of rotatable bonds is 0. The van der Waals surface area contributed by atoms with Gasteiger partial charge in [-0.15, -0.1) is 0 Å². The van der Waals surface area contributed by atoms with Crippen molar-refractivity contribution >= 4 is 26.8 Å². The van der Waals surface area contributed by atoms with Crippen molar-refractivity contribution in [2.24, 2.45) is 0 Å². The minimum absolute atomic E-state index is 0.0260. The largest absolute Gasteiger partial charge is 0.507 e. The molecule has 0 atom stereocenters. The van der Waals surface area contributed by atoms with Crippen molar-refractivity contribution < 1.29 is 5.11 Å². The van der Waals surface area contributed by atoms with Gasteiger partial charge in [-0.05, 0) is 12.1 Å². The molecule has 5 heteroatoms. The van der Waals surface area contributed by atoms with Crippen LogP contribution in [0.3, 0.4) is 0 Å². The highest BCUT2D eigenvalue weighted by Gasteiger charge is 2.06. The van der Waals surface area contributed by atoms with E-state index >= 15 is 0 Å². The summed E-state index contributed by atoms with van der Waals surface area (Å²) >= 11 is 3.20. The minimum Gasteiger partial charge on any atom is -0.507 e. The number of hydrogen-bond acceptors (Lipinski definition) is 2. The van der Waals surface area contributed by atoms with Gasteiger partial charge < -0.3 is 5.11 Å². The summed E-state index contributed by atoms with van der Waals surface area (Å²) < 4.78 is 0.725. The van der Waals surface area contributed by atoms with Crippen LogP contribution in [0.4, 0.5) is 0 Å². The summed E-state index contributed by atoms with van der Waals surface area (Å²) in [6, 6.07) is 3.19. The molecule has 0 aliphatic heterocycles. The molecular weight excluding hydrogens is 224 g/mol. The Bertz CT molecular complexity index is 486. The predicted molar refractivity (Wildman–Crippen MR) is 48.3 cm³/mol. The molecule has 3 N–H and O–H groups in total. The van der Waals surface area contributed by atoms with Crippen molar-refractivity contribution in [2.75, 3.05) is 0 Å². The van der Waals surface area contributed by atoms with Crippen molar-refractivity contribution in [3.8, 4) is 5.75 Å². The van der Waals surface area contributed by atoms with Gasteiger partial charge in [0.2, 0.25) is 0 Å². The normalized spacial score (nSPS) is 10.8. The van der Waals surface area contributed by atoms with Gasteiger partial charge in [-0.25, -0.2) is 0 Å². The number of halogens is 1. The van der Waals surface area contributed by atoms with E-state index in [4.69, 9.17) is 0 Å². The number of phenolic OH excluding ortho intramolecular Hbond substituents is 1. The molecule has 4 nitrogen and oxygen atoms in total. The molecule has 0 unspecified atom stereocenters. The Labute approximate surface area is 75.3 Å². The first-order valence-electron chi connectivity index (χ1n) is 3.27. The lowest BCUT2D eigenvalue weighted by Crippen LogP contribution is -1.97. The number of aromatic amines is 2. The van der Waals surface area contributed by atoms with Crippen LogP contribution in [0.5, 0.6) is 5.75 Å². The van der Waals surface area contributed by atoms with Gasteiger partial charge in [-0.3, -0.25) is 15.0 Å². The van der Waals surface area contributed by atoms with Gasteiger partial charge in [0.25, 0.3) is 5.56 Å². The van der Waals surface area contributed by atoms with Crippen molar-refractivity contribution in [3.63, 3.8) is 0 Å². The Morgan fingerprint density at radius 1 is 1.33 bits per heavy atom. The first-order chi connectivity index (χ1) is 5.68. The number of hydrogen-bond donors (Lipinski definition) is 3. The molecule has 0 saturated heterocycles. The van der Waals surface area contributed by atoms with E-state index in [2.05, 4.69) is 26.1 Å². The smallest absolute Gasteiger partial charge is 0.275 e. The summed E-state index contributed by atoms with van der Waals surface area (Å²) in [6.07, 6.45) is 0. The van der Waals surface area contributed by atoms with Crippen molar-refractivity contribution in [1.82, 2.24) is 10.2 Å². The van der Waals surface area contributed by atoms with Crippen LogP contribution in [-0.2, 0) is 0 Å². The van der Waals surface area contributed by atoms with Gasteiger partial charge in [0, 0.05) is 4.47 Å². The summed E-state index contributed by atoms with van der Waals surface area (Å²) in [6.45, 7) is 0. The molecule has 62 valence electrons. The molecule has 2 rings (SSSR count). The van der Waals surface area contributed by atoms with Crippen molar-refractivity contribution in [2.45, 2.75) is 0 Å². The molecule has 1 aromatic heterocycles. The number of H-pyrrole nitrogens is 2. The highest BCUT2D eigenvalue weighted by Crippen LogP contribution is 2.24. The second kappa shape index (κ2) is 2.38. The molecule has 0 amide bonds. The zero-order valence-electron chi connectivity index (χ0n) is 5.89. The molecule has 0 aliphatic rings. The summed E-state index contributed by atoms with van der Waals surface area (Å²) in [5.74, 6) is -0.0260. The Morgan fingerprint density at radius 2 is 2.08 bits per heavy atom. The number of fused-ring (bicyclic) bond motifs is 1. The van der Waals surface area contributed by atoms with Crippen molar-refractivity contribution in [1.29, 1.82) is 0 Å². The molecule has 0 bridgehead atoms. The highest BCUT2D eigenvalue weighted by molar-refractivity contribution is 9.10. The van der Waals surface area contributed by atoms with Crippen LogP contribution in [0.25, 0.3) is 10.9 Å². The van der Waals surface area contributed by atoms with E-state index in [-0.39, 0.29) is 11.3 Å². The summed E-state index contributed by atoms with van der Waals surface area (Å²) in [5, 5.41) is 14.7. The second-order valence-corrected chi connectivity index (χ2v) is 3.34. The third kappa shape index (κ3) is 0.937. The van der Waals surface area contributed by atoms with E-state index in [1.165, 1.54) is 6.07 Å². The maximum absolute atomic E-state index is 11.0. The highest BCUT2D eigenvalue weighted by atomic mass is 79.9. The van der Waals surface area contributed by atoms with Gasteiger partial charge in [0.1, 0.15) is 11.1 Å². The van der Waals surface area contributed by atoms with E-state index in [0.717, 1.165) is 4.47 Å². The lowest BCUT2D eigenvalue weighted by atomic mass is 10.2. The Hall–Kier alpha value is -1.23. The van der Waals surface area contributed by atoms with Gasteiger partial charge in [-0.1, -0.05) is 15.9 Å². The molecular formula is C7H5BrN2O2. The molecule has 2 aromatic rings. The fourth-order valence-electron chi connectivity index (χ4n) is 1.12. The third-order valence-corrected chi connectivity index (χ3v) is 2.08. The molecule has 0 saturated carbocycles. The standard InChI is InChI=1S/C7H5BrN2O2/c8-3-1-4-6(5(11)2-3)7(12)10-9-4/h1-2,11H,(H2,9,10,12). The maximum Gasteiger partial charge on any atom is 0.275 e. The van der Waals surface area contributed by atoms with E-state index < -0.39 is 0 Å². The van der Waals surface area contributed by atoms with E-state index in [1.807, 2.05) is 0 Å². The Kier molecular flexibility index (Phi) is 1.47. The van der Waals surface area contributed by atoms with Crippen LogP contribution < -0.4 is 5.56 Å². The van der Waals surface area contributed by atoms with E-state index in [1.54, 1.807) is 6.07 Å². The maximum atomic E-state index is 11.0. The van der Waals surface area contributed by atoms with E-state index in [9.17, 15) is 9.90 Å². The van der Waals surface area contributed by atoms with Crippen LogP contribution in [0.15, 0.2) is 21.4 Å². The summed E-state index contributed by atoms with van der Waals surface area (Å²) in [7, 11) is 0. The SMILES string of the molecule is O=c1[nH][nH]c2cc(Br)cc(O)c12. The first kappa shape index (κ1) is 7.42. The summed E-state index contributed by atoms with van der Waals surface area (Å²) in [4.78, 5) is 11.0. The second-order valence-electron chi connectivity index (χ2n) is 2.43. The van der Waals surface area contributed by atoms with Crippen LogP contribution in [0.1, 0.15) is 0 Å². The summed E-state index contributed by atoms with van der Waals surface area (Å²) in [5.41, 5.74) is 0.280. The fourth-order valence-corrected chi connectivity index (χ4v) is 1.56.